The number of carbonyl (C=O) groups excluding carboxylic acids is 1. The summed E-state index contributed by atoms with van der Waals surface area (Å²) in [5, 5.41) is 36.8. The van der Waals surface area contributed by atoms with Crippen LogP contribution in [0.1, 0.15) is 31.2 Å². The number of methoxy groups -OCH3 is 1. The van der Waals surface area contributed by atoms with Gasteiger partial charge in [-0.05, 0) is 49.6 Å². The Bertz CT molecular complexity index is 876. The molecule has 5 unspecified atom stereocenters. The summed E-state index contributed by atoms with van der Waals surface area (Å²) in [5.41, 5.74) is 0.480. The van der Waals surface area contributed by atoms with E-state index in [-0.39, 0.29) is 17.9 Å². The molecule has 3 aliphatic heterocycles. The third kappa shape index (κ3) is 5.81. The Morgan fingerprint density at radius 1 is 1.22 bits per heavy atom. The van der Waals surface area contributed by atoms with Crippen LogP contribution in [0, 0.1) is 5.92 Å². The van der Waals surface area contributed by atoms with Gasteiger partial charge in [-0.15, -0.1) is 23.4 Å². The number of hydrogen-bond donors (Lipinski definition) is 5. The normalized spacial score (nSPS) is 38.5. The monoisotopic (exact) mass is 544 g/mol. The van der Waals surface area contributed by atoms with Crippen LogP contribution >= 0.6 is 23.4 Å². The van der Waals surface area contributed by atoms with Gasteiger partial charge in [-0.2, -0.15) is 0 Å². The number of hydrogen-bond acceptors (Lipinski definition) is 9. The number of ether oxygens (including phenoxy) is 3. The maximum Gasteiger partial charge on any atom is 0.240 e. The van der Waals surface area contributed by atoms with Crippen molar-refractivity contribution in [2.75, 3.05) is 26.5 Å². The fraction of sp³-hybridized carbons (Fsp3) is 0.720. The number of nitrogens with one attached hydrogen (secondary N) is 2. The van der Waals surface area contributed by atoms with Crippen LogP contribution in [0.25, 0.3) is 0 Å². The lowest BCUT2D eigenvalue weighted by atomic mass is 9.85. The highest BCUT2D eigenvalue weighted by Gasteiger charge is 2.49. The maximum absolute atomic E-state index is 13.4. The van der Waals surface area contributed by atoms with E-state index in [1.807, 2.05) is 12.1 Å². The van der Waals surface area contributed by atoms with Gasteiger partial charge in [-0.1, -0.05) is 12.1 Å². The van der Waals surface area contributed by atoms with Crippen molar-refractivity contribution in [1.82, 2.24) is 10.6 Å². The summed E-state index contributed by atoms with van der Waals surface area (Å²) in [7, 11) is 1.65. The van der Waals surface area contributed by atoms with Crippen LogP contribution in [-0.4, -0.2) is 101 Å². The second-order valence-electron chi connectivity index (χ2n) is 9.86. The highest BCUT2D eigenvalue weighted by Crippen LogP contribution is 2.37. The quantitative estimate of drug-likeness (QED) is 0.317. The molecule has 202 valence electrons. The molecule has 0 bridgehead atoms. The zero-order chi connectivity index (χ0) is 26.0. The molecule has 3 aliphatic rings. The predicted molar refractivity (Wildman–Crippen MR) is 137 cm³/mol. The lowest BCUT2D eigenvalue weighted by molar-refractivity contribution is -0.205. The summed E-state index contributed by atoms with van der Waals surface area (Å²) in [6.45, 7) is 2.89. The first kappa shape index (κ1) is 27.9. The Labute approximate surface area is 221 Å². The van der Waals surface area contributed by atoms with Gasteiger partial charge in [0.15, 0.2) is 0 Å². The molecule has 36 heavy (non-hydrogen) atoms. The number of thioether (sulfide) groups is 1. The highest BCUT2D eigenvalue weighted by atomic mass is 35.5. The van der Waals surface area contributed by atoms with Gasteiger partial charge in [0, 0.05) is 19.1 Å². The largest absolute Gasteiger partial charge is 0.497 e. The Morgan fingerprint density at radius 2 is 1.94 bits per heavy atom. The first-order valence-electron chi connectivity index (χ1n) is 12.4. The van der Waals surface area contributed by atoms with Crippen LogP contribution in [0.2, 0.25) is 0 Å². The molecular weight excluding hydrogens is 508 g/mol. The minimum absolute atomic E-state index is 0.164. The maximum atomic E-state index is 13.4. The van der Waals surface area contributed by atoms with Crippen molar-refractivity contribution in [3.05, 3.63) is 29.8 Å². The lowest BCUT2D eigenvalue weighted by Crippen LogP contribution is -2.65. The summed E-state index contributed by atoms with van der Waals surface area (Å²) in [6, 6.07) is 6.75. The van der Waals surface area contributed by atoms with Gasteiger partial charge in [-0.25, -0.2) is 0 Å². The molecule has 1 aromatic rings. The van der Waals surface area contributed by atoms with Crippen molar-refractivity contribution in [3.63, 3.8) is 0 Å². The van der Waals surface area contributed by atoms with Gasteiger partial charge in [0.2, 0.25) is 5.91 Å². The molecule has 11 heteroatoms. The highest BCUT2D eigenvalue weighted by molar-refractivity contribution is 7.99. The van der Waals surface area contributed by atoms with Crippen molar-refractivity contribution in [2.45, 2.75) is 79.1 Å². The van der Waals surface area contributed by atoms with Gasteiger partial charge in [0.1, 0.15) is 41.6 Å². The van der Waals surface area contributed by atoms with Crippen LogP contribution in [0.3, 0.4) is 0 Å². The smallest absolute Gasteiger partial charge is 0.240 e. The van der Waals surface area contributed by atoms with E-state index < -0.39 is 47.3 Å². The zero-order valence-corrected chi connectivity index (χ0v) is 22.3. The van der Waals surface area contributed by atoms with E-state index in [1.165, 1.54) is 17.3 Å². The van der Waals surface area contributed by atoms with E-state index in [9.17, 15) is 20.1 Å². The standard InChI is InChI=1S/C25H37ClN2O7S/c1-12(26)17(23-20(30)19(29)21(31)25(35-23)36-3)28-24(32)18-22-15(11-27-18)10-14(8-9-34-22)13-4-6-16(33-2)7-5-13/h4-7,12,14-15,17-23,25,27,29-31H,8-11H2,1-3H3,(H,28,32)/t12-,14+,15-,17+,18-,19?,20?,21?,22+,23?,25?/m0/s1. The van der Waals surface area contributed by atoms with E-state index in [2.05, 4.69) is 22.8 Å². The number of carbonyl (C=O) groups is 1. The van der Waals surface area contributed by atoms with Crippen LogP contribution < -0.4 is 15.4 Å². The molecule has 3 heterocycles. The van der Waals surface area contributed by atoms with Crippen molar-refractivity contribution in [3.8, 4) is 5.75 Å². The van der Waals surface area contributed by atoms with E-state index >= 15 is 0 Å². The second-order valence-corrected chi connectivity index (χ2v) is 11.5. The van der Waals surface area contributed by atoms with Crippen molar-refractivity contribution in [2.24, 2.45) is 5.92 Å². The average Bonchev–Trinajstić information content (AvgIpc) is 3.16. The van der Waals surface area contributed by atoms with Crippen LogP contribution in [0.4, 0.5) is 0 Å². The number of halogens is 1. The molecule has 9 nitrogen and oxygen atoms in total. The summed E-state index contributed by atoms with van der Waals surface area (Å²) < 4.78 is 17.3. The number of amides is 1. The number of benzene rings is 1. The van der Waals surface area contributed by atoms with Gasteiger partial charge in [-0.3, -0.25) is 4.79 Å². The molecule has 1 amide bonds. The molecule has 11 atom stereocenters. The molecule has 0 radical (unpaired) electrons. The summed E-state index contributed by atoms with van der Waals surface area (Å²) in [6.07, 6.45) is -1.84. The molecule has 1 aromatic carbocycles. The summed E-state index contributed by atoms with van der Waals surface area (Å²) in [5.74, 6) is 1.02. The molecular formula is C25H37ClN2O7S. The van der Waals surface area contributed by atoms with Crippen molar-refractivity contribution >= 4 is 29.3 Å². The predicted octanol–water partition coefficient (Wildman–Crippen LogP) is 0.829. The third-order valence-electron chi connectivity index (χ3n) is 7.62. The summed E-state index contributed by atoms with van der Waals surface area (Å²) in [4.78, 5) is 13.4. The number of aliphatic hydroxyl groups excluding tert-OH is 3. The molecule has 3 fully saturated rings. The molecule has 0 spiro atoms. The Balaban J connectivity index is 1.43. The van der Waals surface area contributed by atoms with E-state index in [0.717, 1.165) is 18.6 Å². The SMILES string of the molecule is COc1ccc([C@@H]2CCO[C@@H]3[C@H](CN[C@@H]3C(=O)N[C@@H](C3OC(SC)C(O)C(O)C3O)[C@H](C)Cl)C2)cc1. The topological polar surface area (TPSA) is 130 Å². The number of aliphatic hydroxyl groups is 3. The minimum atomic E-state index is -1.41. The Kier molecular flexibility index (Phi) is 9.43. The van der Waals surface area contributed by atoms with Crippen LogP contribution in [-0.2, 0) is 14.3 Å². The van der Waals surface area contributed by atoms with Crippen molar-refractivity contribution < 1.29 is 34.3 Å². The molecule has 0 aromatic heterocycles. The van der Waals surface area contributed by atoms with Gasteiger partial charge in [0.05, 0.1) is 24.6 Å². The first-order valence-corrected chi connectivity index (χ1v) is 14.1. The second kappa shape index (κ2) is 12.2. The van der Waals surface area contributed by atoms with E-state index in [4.69, 9.17) is 25.8 Å². The van der Waals surface area contributed by atoms with Gasteiger partial charge >= 0.3 is 0 Å². The lowest BCUT2D eigenvalue weighted by Gasteiger charge is -2.44. The number of rotatable bonds is 7. The molecule has 0 saturated carbocycles. The fourth-order valence-electron chi connectivity index (χ4n) is 5.56. The van der Waals surface area contributed by atoms with E-state index in [0.29, 0.717) is 19.1 Å². The van der Waals surface area contributed by atoms with Crippen LogP contribution in [0.5, 0.6) is 5.75 Å². The summed E-state index contributed by atoms with van der Waals surface area (Å²) >= 11 is 7.64. The Morgan fingerprint density at radius 3 is 2.58 bits per heavy atom. The number of alkyl halides is 1. The molecule has 5 N–H and O–H groups in total. The van der Waals surface area contributed by atoms with Crippen LogP contribution in [0.15, 0.2) is 24.3 Å². The molecule has 0 aliphatic carbocycles. The average molecular weight is 545 g/mol. The third-order valence-corrected chi connectivity index (χ3v) is 8.75. The first-order chi connectivity index (χ1) is 17.2. The van der Waals surface area contributed by atoms with E-state index in [1.54, 1.807) is 20.3 Å². The van der Waals surface area contributed by atoms with Gasteiger partial charge < -0.3 is 40.2 Å². The number of fused-ring (bicyclic) bond motifs is 1. The fourth-order valence-corrected chi connectivity index (χ4v) is 6.45. The molecule has 3 saturated heterocycles. The zero-order valence-electron chi connectivity index (χ0n) is 20.7. The van der Waals surface area contributed by atoms with Crippen molar-refractivity contribution in [1.29, 1.82) is 0 Å². The Hall–Kier alpha value is -1.11. The minimum Gasteiger partial charge on any atom is -0.497 e. The van der Waals surface area contributed by atoms with Gasteiger partial charge in [0.25, 0.3) is 0 Å². The molecule has 4 rings (SSSR count).